The van der Waals surface area contributed by atoms with Crippen molar-refractivity contribution in [2.45, 2.75) is 74.5 Å². The van der Waals surface area contributed by atoms with E-state index in [2.05, 4.69) is 0 Å². The molecule has 2 unspecified atom stereocenters. The van der Waals surface area contributed by atoms with Gasteiger partial charge in [-0.25, -0.2) is 0 Å². The van der Waals surface area contributed by atoms with Crippen LogP contribution in [0.1, 0.15) is 62.3 Å². The summed E-state index contributed by atoms with van der Waals surface area (Å²) in [4.78, 5) is 19.4. The van der Waals surface area contributed by atoms with Crippen molar-refractivity contribution in [1.82, 2.24) is 0 Å². The van der Waals surface area contributed by atoms with Gasteiger partial charge in [0, 0.05) is 5.41 Å². The first kappa shape index (κ1) is 26.7. The van der Waals surface area contributed by atoms with Gasteiger partial charge in [0.2, 0.25) is 0 Å². The molecule has 0 fully saturated rings. The molecular formula is C17H36O6. The van der Waals surface area contributed by atoms with Crippen LogP contribution in [0.4, 0.5) is 0 Å². The molecule has 0 saturated heterocycles. The van der Waals surface area contributed by atoms with Crippen LogP contribution in [0.2, 0.25) is 0 Å². The SMILES string of the molecule is CC(C)C(=O)O.CC(C)C(=O)O.CC(C)C(O)C(C)(C)C(C)O. The van der Waals surface area contributed by atoms with Crippen molar-refractivity contribution >= 4 is 11.9 Å². The van der Waals surface area contributed by atoms with Crippen LogP contribution in [-0.2, 0) is 9.59 Å². The molecule has 0 rings (SSSR count). The lowest BCUT2D eigenvalue weighted by molar-refractivity contribution is -0.141. The Morgan fingerprint density at radius 1 is 0.739 bits per heavy atom. The van der Waals surface area contributed by atoms with Crippen LogP contribution < -0.4 is 0 Å². The molecule has 0 aromatic heterocycles. The first-order chi connectivity index (χ1) is 10.1. The van der Waals surface area contributed by atoms with Crippen LogP contribution in [0, 0.1) is 23.2 Å². The average Bonchev–Trinajstić information content (AvgIpc) is 2.38. The van der Waals surface area contributed by atoms with Crippen molar-refractivity contribution in [3.05, 3.63) is 0 Å². The second kappa shape index (κ2) is 12.3. The number of rotatable bonds is 5. The fourth-order valence-electron chi connectivity index (χ4n) is 1.11. The van der Waals surface area contributed by atoms with Gasteiger partial charge in [0.05, 0.1) is 24.0 Å². The normalized spacial score (nSPS) is 13.7. The second-order valence-corrected chi connectivity index (χ2v) is 7.17. The third-order valence-electron chi connectivity index (χ3n) is 3.46. The summed E-state index contributed by atoms with van der Waals surface area (Å²) in [5, 5.41) is 35.0. The maximum Gasteiger partial charge on any atom is 0.305 e. The van der Waals surface area contributed by atoms with Gasteiger partial charge < -0.3 is 20.4 Å². The molecule has 0 aliphatic heterocycles. The fourth-order valence-corrected chi connectivity index (χ4v) is 1.11. The number of aliphatic hydroxyl groups excluding tert-OH is 2. The predicted molar refractivity (Wildman–Crippen MR) is 91.3 cm³/mol. The molecule has 140 valence electrons. The molecule has 6 heteroatoms. The van der Waals surface area contributed by atoms with Crippen LogP contribution >= 0.6 is 0 Å². The second-order valence-electron chi connectivity index (χ2n) is 7.17. The fraction of sp³-hybridized carbons (Fsp3) is 0.882. The zero-order valence-corrected chi connectivity index (χ0v) is 16.0. The Morgan fingerprint density at radius 2 is 0.957 bits per heavy atom. The van der Waals surface area contributed by atoms with Crippen LogP contribution in [0.15, 0.2) is 0 Å². The van der Waals surface area contributed by atoms with Crippen molar-refractivity contribution < 1.29 is 30.0 Å². The van der Waals surface area contributed by atoms with E-state index in [0.717, 1.165) is 0 Å². The standard InChI is InChI=1S/C9H20O2.2C4H8O2/c1-6(2)8(11)9(4,5)7(3)10;2*1-3(2)4(5)6/h6-8,10-11H,1-5H3;2*3H,1-2H3,(H,5,6). The summed E-state index contributed by atoms with van der Waals surface area (Å²) >= 11 is 0. The highest BCUT2D eigenvalue weighted by Gasteiger charge is 2.34. The van der Waals surface area contributed by atoms with E-state index in [9.17, 15) is 19.8 Å². The highest BCUT2D eigenvalue weighted by Crippen LogP contribution is 2.29. The van der Waals surface area contributed by atoms with Crippen LogP contribution in [-0.4, -0.2) is 44.6 Å². The maximum absolute atomic E-state index is 9.70. The van der Waals surface area contributed by atoms with Crippen LogP contribution in [0.5, 0.6) is 0 Å². The molecule has 0 aliphatic rings. The summed E-state index contributed by atoms with van der Waals surface area (Å²) in [7, 11) is 0. The van der Waals surface area contributed by atoms with Crippen LogP contribution in [0.3, 0.4) is 0 Å². The van der Waals surface area contributed by atoms with E-state index in [1.165, 1.54) is 0 Å². The molecule has 0 aliphatic carbocycles. The summed E-state index contributed by atoms with van der Waals surface area (Å²) < 4.78 is 0. The first-order valence-electron chi connectivity index (χ1n) is 7.90. The quantitative estimate of drug-likeness (QED) is 0.613. The summed E-state index contributed by atoms with van der Waals surface area (Å²) in [5.74, 6) is -1.75. The van der Waals surface area contributed by atoms with Gasteiger partial charge in [-0.1, -0.05) is 55.4 Å². The van der Waals surface area contributed by atoms with Gasteiger partial charge in [0.25, 0.3) is 0 Å². The van der Waals surface area contributed by atoms with Crippen LogP contribution in [0.25, 0.3) is 0 Å². The van der Waals surface area contributed by atoms with E-state index in [1.807, 2.05) is 27.7 Å². The first-order valence-corrected chi connectivity index (χ1v) is 7.90. The van der Waals surface area contributed by atoms with Crippen molar-refractivity contribution in [3.63, 3.8) is 0 Å². The van der Waals surface area contributed by atoms with Crippen molar-refractivity contribution in [1.29, 1.82) is 0 Å². The number of hydrogen-bond donors (Lipinski definition) is 4. The molecule has 0 radical (unpaired) electrons. The van der Waals surface area contributed by atoms with Gasteiger partial charge in [0.1, 0.15) is 0 Å². The van der Waals surface area contributed by atoms with E-state index < -0.39 is 29.6 Å². The summed E-state index contributed by atoms with van der Waals surface area (Å²) in [5.41, 5.74) is -0.409. The smallest absolute Gasteiger partial charge is 0.305 e. The van der Waals surface area contributed by atoms with E-state index in [4.69, 9.17) is 10.2 Å². The van der Waals surface area contributed by atoms with Gasteiger partial charge >= 0.3 is 11.9 Å². The number of carboxylic acid groups (broad SMARTS) is 2. The van der Waals surface area contributed by atoms with E-state index in [0.29, 0.717) is 0 Å². The molecule has 6 nitrogen and oxygen atoms in total. The number of carboxylic acids is 2. The topological polar surface area (TPSA) is 115 Å². The van der Waals surface area contributed by atoms with E-state index in [1.54, 1.807) is 34.6 Å². The Kier molecular flexibility index (Phi) is 14.3. The van der Waals surface area contributed by atoms with Crippen molar-refractivity contribution in [3.8, 4) is 0 Å². The minimum atomic E-state index is -0.741. The summed E-state index contributed by atoms with van der Waals surface area (Å²) in [6.07, 6.45) is -0.914. The molecule has 4 N–H and O–H groups in total. The lowest BCUT2D eigenvalue weighted by atomic mass is 9.77. The minimum absolute atomic E-state index is 0.194. The largest absolute Gasteiger partial charge is 0.481 e. The highest BCUT2D eigenvalue weighted by molar-refractivity contribution is 5.69. The number of aliphatic hydroxyl groups is 2. The Labute approximate surface area is 140 Å². The number of aliphatic carboxylic acids is 2. The Bertz CT molecular complexity index is 314. The summed E-state index contributed by atoms with van der Waals surface area (Å²) in [6.45, 7) is 15.9. The van der Waals surface area contributed by atoms with Gasteiger partial charge in [-0.05, 0) is 12.8 Å². The number of carbonyl (C=O) groups is 2. The Morgan fingerprint density at radius 3 is 1.00 bits per heavy atom. The average molecular weight is 336 g/mol. The minimum Gasteiger partial charge on any atom is -0.481 e. The Balaban J connectivity index is -0.000000284. The monoisotopic (exact) mass is 336 g/mol. The molecular weight excluding hydrogens is 300 g/mol. The molecule has 0 saturated carbocycles. The molecule has 0 aromatic carbocycles. The molecule has 2 atom stereocenters. The molecule has 0 amide bonds. The van der Waals surface area contributed by atoms with Crippen molar-refractivity contribution in [2.75, 3.05) is 0 Å². The van der Waals surface area contributed by atoms with Gasteiger partial charge in [-0.3, -0.25) is 9.59 Å². The molecule has 0 heterocycles. The number of hydrogen-bond acceptors (Lipinski definition) is 4. The lowest BCUT2D eigenvalue weighted by Crippen LogP contribution is -2.41. The van der Waals surface area contributed by atoms with Gasteiger partial charge in [-0.2, -0.15) is 0 Å². The van der Waals surface area contributed by atoms with Gasteiger partial charge in [-0.15, -0.1) is 0 Å². The van der Waals surface area contributed by atoms with E-state index in [-0.39, 0.29) is 17.8 Å². The van der Waals surface area contributed by atoms with Gasteiger partial charge in [0.15, 0.2) is 0 Å². The molecule has 0 spiro atoms. The zero-order chi connectivity index (χ0) is 19.5. The molecule has 23 heavy (non-hydrogen) atoms. The highest BCUT2D eigenvalue weighted by atomic mass is 16.4. The molecule has 0 aromatic rings. The van der Waals surface area contributed by atoms with Crippen molar-refractivity contribution in [2.24, 2.45) is 23.2 Å². The zero-order valence-electron chi connectivity index (χ0n) is 16.0. The third kappa shape index (κ3) is 14.2. The van der Waals surface area contributed by atoms with E-state index >= 15 is 0 Å². The Hall–Kier alpha value is -1.14. The lowest BCUT2D eigenvalue weighted by Gasteiger charge is -2.35. The maximum atomic E-state index is 9.70. The summed E-state index contributed by atoms with van der Waals surface area (Å²) in [6, 6.07) is 0. The molecule has 0 bridgehead atoms. The predicted octanol–water partition coefficient (Wildman–Crippen LogP) is 2.86. The third-order valence-corrected chi connectivity index (χ3v) is 3.46.